The molecule has 11 nitrogen and oxygen atoms in total. The molecule has 2 saturated heterocycles. The highest BCUT2D eigenvalue weighted by Gasteiger charge is 2.48. The van der Waals surface area contributed by atoms with Gasteiger partial charge in [0, 0.05) is 41.0 Å². The lowest BCUT2D eigenvalue weighted by molar-refractivity contribution is -0.297. The molecular formula is C27H42N8O3. The SMILES string of the molecule is CC1(C)CC(Nc2nc(NNc3ccccc3)nc(OC3CC(C)(C)N([O])C(C)(C)C3)n2)CC(C)(C)N1[O]. The molecule has 38 heavy (non-hydrogen) atoms. The van der Waals surface area contributed by atoms with Gasteiger partial charge in [-0.3, -0.25) is 10.9 Å². The topological polar surface area (TPSA) is 130 Å². The summed E-state index contributed by atoms with van der Waals surface area (Å²) in [5, 5.41) is 31.4. The molecule has 2 aliphatic rings. The smallest absolute Gasteiger partial charge is 0.323 e. The van der Waals surface area contributed by atoms with Gasteiger partial charge in [0.15, 0.2) is 0 Å². The van der Waals surface area contributed by atoms with Crippen molar-refractivity contribution < 1.29 is 15.2 Å². The zero-order valence-electron chi connectivity index (χ0n) is 23.8. The van der Waals surface area contributed by atoms with Gasteiger partial charge in [-0.05, 0) is 80.4 Å². The summed E-state index contributed by atoms with van der Waals surface area (Å²) < 4.78 is 6.30. The summed E-state index contributed by atoms with van der Waals surface area (Å²) in [6, 6.07) is 9.80. The van der Waals surface area contributed by atoms with E-state index in [-0.39, 0.29) is 18.2 Å². The Morgan fingerprint density at radius 3 is 1.76 bits per heavy atom. The number of hydrogen-bond acceptors (Lipinski definition) is 9. The molecule has 11 heteroatoms. The number of hydrazine groups is 1. The van der Waals surface area contributed by atoms with E-state index in [9.17, 15) is 10.4 Å². The number of para-hydroxylation sites is 1. The van der Waals surface area contributed by atoms with Crippen molar-refractivity contribution in [3.63, 3.8) is 0 Å². The molecule has 4 rings (SSSR count). The number of hydroxylamine groups is 4. The zero-order valence-corrected chi connectivity index (χ0v) is 23.8. The maximum Gasteiger partial charge on any atom is 0.323 e. The average Bonchev–Trinajstić information content (AvgIpc) is 2.79. The number of piperidine rings is 2. The van der Waals surface area contributed by atoms with Gasteiger partial charge in [-0.2, -0.15) is 15.0 Å². The fourth-order valence-electron chi connectivity index (χ4n) is 6.13. The summed E-state index contributed by atoms with van der Waals surface area (Å²) in [5.74, 6) is 0.656. The normalized spacial score (nSPS) is 23.5. The van der Waals surface area contributed by atoms with Crippen LogP contribution in [-0.2, 0) is 10.4 Å². The first kappa shape index (κ1) is 28.3. The van der Waals surface area contributed by atoms with Gasteiger partial charge in [-0.1, -0.05) is 18.2 Å². The lowest BCUT2D eigenvalue weighted by Gasteiger charge is -2.50. The number of aromatic nitrogens is 3. The van der Waals surface area contributed by atoms with E-state index in [0.29, 0.717) is 37.6 Å². The van der Waals surface area contributed by atoms with Gasteiger partial charge in [0.1, 0.15) is 6.10 Å². The predicted octanol–water partition coefficient (Wildman–Crippen LogP) is 4.84. The number of nitrogens with one attached hydrogen (secondary N) is 3. The Morgan fingerprint density at radius 1 is 0.711 bits per heavy atom. The van der Waals surface area contributed by atoms with Crippen LogP contribution in [0.15, 0.2) is 30.3 Å². The van der Waals surface area contributed by atoms with Crippen LogP contribution in [0.3, 0.4) is 0 Å². The van der Waals surface area contributed by atoms with Crippen LogP contribution >= 0.6 is 0 Å². The van der Waals surface area contributed by atoms with Crippen molar-refractivity contribution in [1.29, 1.82) is 0 Å². The van der Waals surface area contributed by atoms with Crippen LogP contribution in [0, 0.1) is 0 Å². The van der Waals surface area contributed by atoms with Crippen molar-refractivity contribution in [1.82, 2.24) is 25.1 Å². The molecule has 0 atom stereocenters. The predicted molar refractivity (Wildman–Crippen MR) is 145 cm³/mol. The zero-order chi connectivity index (χ0) is 27.9. The molecule has 3 N–H and O–H groups in total. The monoisotopic (exact) mass is 526 g/mol. The van der Waals surface area contributed by atoms with Gasteiger partial charge in [-0.15, -0.1) is 20.5 Å². The van der Waals surface area contributed by atoms with Crippen LogP contribution in [-0.4, -0.2) is 59.4 Å². The van der Waals surface area contributed by atoms with Gasteiger partial charge < -0.3 is 10.1 Å². The summed E-state index contributed by atoms with van der Waals surface area (Å²) in [6.45, 7) is 15.6. The van der Waals surface area contributed by atoms with E-state index >= 15 is 0 Å². The minimum absolute atomic E-state index is 0.0167. The van der Waals surface area contributed by atoms with Gasteiger partial charge in [-0.25, -0.2) is 0 Å². The maximum atomic E-state index is 12.8. The summed E-state index contributed by atoms with van der Waals surface area (Å²) in [7, 11) is 0. The van der Waals surface area contributed by atoms with Gasteiger partial charge in [0.2, 0.25) is 11.9 Å². The summed E-state index contributed by atoms with van der Waals surface area (Å²) in [6.07, 6.45) is 2.12. The van der Waals surface area contributed by atoms with E-state index in [4.69, 9.17) is 4.74 Å². The van der Waals surface area contributed by atoms with Crippen LogP contribution in [0.25, 0.3) is 0 Å². The first-order valence-corrected chi connectivity index (χ1v) is 13.3. The second-order valence-electron chi connectivity index (χ2n) is 13.1. The Morgan fingerprint density at radius 2 is 1.21 bits per heavy atom. The van der Waals surface area contributed by atoms with E-state index in [1.54, 1.807) is 0 Å². The fraction of sp³-hybridized carbons (Fsp3) is 0.667. The molecule has 0 unspecified atom stereocenters. The van der Waals surface area contributed by atoms with Gasteiger partial charge in [0.05, 0.1) is 5.69 Å². The highest BCUT2D eigenvalue weighted by atomic mass is 16.5. The molecule has 3 heterocycles. The van der Waals surface area contributed by atoms with Crippen molar-refractivity contribution in [3.8, 4) is 6.01 Å². The third-order valence-electron chi connectivity index (χ3n) is 7.46. The van der Waals surface area contributed by atoms with Crippen LogP contribution < -0.4 is 20.9 Å². The molecule has 0 spiro atoms. The Kier molecular flexibility index (Phi) is 7.52. The van der Waals surface area contributed by atoms with Crippen LogP contribution in [0.4, 0.5) is 17.6 Å². The molecular weight excluding hydrogens is 484 g/mol. The number of benzene rings is 1. The number of rotatable bonds is 7. The molecule has 2 fully saturated rings. The molecule has 0 saturated carbocycles. The number of ether oxygens (including phenoxy) is 1. The van der Waals surface area contributed by atoms with E-state index in [2.05, 4.69) is 31.1 Å². The third kappa shape index (κ3) is 6.28. The molecule has 208 valence electrons. The van der Waals surface area contributed by atoms with Crippen molar-refractivity contribution >= 4 is 17.6 Å². The summed E-state index contributed by atoms with van der Waals surface area (Å²) in [5.41, 5.74) is 4.76. The molecule has 2 aromatic rings. The first-order valence-electron chi connectivity index (χ1n) is 13.3. The largest absolute Gasteiger partial charge is 0.460 e. The molecule has 0 amide bonds. The number of hydrogen-bond donors (Lipinski definition) is 3. The Balaban J connectivity index is 1.58. The van der Waals surface area contributed by atoms with E-state index < -0.39 is 22.2 Å². The molecule has 1 aromatic heterocycles. The molecule has 2 aliphatic heterocycles. The Hall–Kier alpha value is -2.73. The van der Waals surface area contributed by atoms with Crippen LogP contribution in [0.2, 0.25) is 0 Å². The van der Waals surface area contributed by atoms with Gasteiger partial charge in [0.25, 0.3) is 0 Å². The summed E-state index contributed by atoms with van der Waals surface area (Å²) in [4.78, 5) is 13.7. The highest BCUT2D eigenvalue weighted by Crippen LogP contribution is 2.39. The van der Waals surface area contributed by atoms with E-state index in [1.807, 2.05) is 85.7 Å². The number of nitrogens with zero attached hydrogens (tertiary/aromatic N) is 5. The fourth-order valence-corrected chi connectivity index (χ4v) is 6.13. The lowest BCUT2D eigenvalue weighted by Crippen LogP contribution is -2.60. The highest BCUT2D eigenvalue weighted by molar-refractivity contribution is 5.48. The molecule has 0 bridgehead atoms. The molecule has 0 aliphatic carbocycles. The summed E-state index contributed by atoms with van der Waals surface area (Å²) >= 11 is 0. The average molecular weight is 527 g/mol. The van der Waals surface area contributed by atoms with Crippen molar-refractivity contribution in [2.45, 2.75) is 115 Å². The number of anilines is 3. The Bertz CT molecular complexity index is 1010. The van der Waals surface area contributed by atoms with Crippen molar-refractivity contribution in [3.05, 3.63) is 30.3 Å². The minimum Gasteiger partial charge on any atom is -0.460 e. The second-order valence-corrected chi connectivity index (χ2v) is 13.1. The quantitative estimate of drug-likeness (QED) is 0.434. The van der Waals surface area contributed by atoms with Gasteiger partial charge >= 0.3 is 6.01 Å². The molecule has 1 aromatic carbocycles. The molecule has 2 radical (unpaired) electrons. The van der Waals surface area contributed by atoms with Crippen LogP contribution in [0.5, 0.6) is 6.01 Å². The first-order chi connectivity index (χ1) is 17.6. The van der Waals surface area contributed by atoms with Crippen LogP contribution in [0.1, 0.15) is 81.1 Å². The minimum atomic E-state index is -0.583. The van der Waals surface area contributed by atoms with Crippen molar-refractivity contribution in [2.75, 3.05) is 16.2 Å². The third-order valence-corrected chi connectivity index (χ3v) is 7.46. The second kappa shape index (κ2) is 10.1. The Labute approximate surface area is 225 Å². The standard InChI is InChI=1S/C27H42N8O3/c1-24(2)14-19(15-25(3,4)34(24)36)28-21-29-22(33-32-18-12-10-9-11-13-18)31-23(30-21)38-20-16-26(5,6)35(37)27(7,8)17-20/h9-13,19-20,32H,14-17H2,1-8H3,(H2,28,29,30,31,33). The van der Waals surface area contributed by atoms with E-state index in [1.165, 1.54) is 10.1 Å². The van der Waals surface area contributed by atoms with E-state index in [0.717, 1.165) is 5.69 Å². The van der Waals surface area contributed by atoms with Crippen molar-refractivity contribution in [2.24, 2.45) is 0 Å². The maximum absolute atomic E-state index is 12.8. The lowest BCUT2D eigenvalue weighted by atomic mass is 9.79.